The molecule has 1 saturated heterocycles. The first-order valence-corrected chi connectivity index (χ1v) is 6.81. The fourth-order valence-electron chi connectivity index (χ4n) is 2.55. The smallest absolute Gasteiger partial charge is 0.118 e. The Labute approximate surface area is 109 Å². The molecule has 100 valence electrons. The standard InChI is InChI=1S/C15H23NO2/c1-18-14-7-4-12(5-8-14)6-9-15(17)13-3-2-10-16-11-13/h4-5,7-8,13,15-17H,2-3,6,9-11H2,1H3. The third kappa shape index (κ3) is 3.72. The van der Waals surface area contributed by atoms with Crippen molar-refractivity contribution in [1.82, 2.24) is 5.32 Å². The summed E-state index contributed by atoms with van der Waals surface area (Å²) in [4.78, 5) is 0. The molecule has 0 bridgehead atoms. The largest absolute Gasteiger partial charge is 0.497 e. The fourth-order valence-corrected chi connectivity index (χ4v) is 2.55. The summed E-state index contributed by atoms with van der Waals surface area (Å²) < 4.78 is 5.13. The van der Waals surface area contributed by atoms with Crippen LogP contribution in [0.5, 0.6) is 5.75 Å². The summed E-state index contributed by atoms with van der Waals surface area (Å²) >= 11 is 0. The second-order valence-corrected chi connectivity index (χ2v) is 5.06. The van der Waals surface area contributed by atoms with Crippen LogP contribution in [0.1, 0.15) is 24.8 Å². The zero-order valence-corrected chi connectivity index (χ0v) is 11.1. The van der Waals surface area contributed by atoms with Gasteiger partial charge in [-0.1, -0.05) is 12.1 Å². The third-order valence-corrected chi connectivity index (χ3v) is 3.77. The SMILES string of the molecule is COc1ccc(CCC(O)C2CCCNC2)cc1. The zero-order valence-electron chi connectivity index (χ0n) is 11.1. The van der Waals surface area contributed by atoms with E-state index in [4.69, 9.17) is 4.74 Å². The molecule has 1 fully saturated rings. The zero-order chi connectivity index (χ0) is 12.8. The number of benzene rings is 1. The van der Waals surface area contributed by atoms with Gasteiger partial charge < -0.3 is 15.2 Å². The highest BCUT2D eigenvalue weighted by molar-refractivity contribution is 5.27. The molecule has 0 amide bonds. The Hall–Kier alpha value is -1.06. The lowest BCUT2D eigenvalue weighted by atomic mass is 9.90. The van der Waals surface area contributed by atoms with Crippen molar-refractivity contribution in [2.45, 2.75) is 31.8 Å². The van der Waals surface area contributed by atoms with Gasteiger partial charge in [-0.25, -0.2) is 0 Å². The minimum Gasteiger partial charge on any atom is -0.497 e. The average molecular weight is 249 g/mol. The van der Waals surface area contributed by atoms with Crippen molar-refractivity contribution >= 4 is 0 Å². The number of nitrogens with one attached hydrogen (secondary N) is 1. The van der Waals surface area contributed by atoms with E-state index in [1.807, 2.05) is 12.1 Å². The highest BCUT2D eigenvalue weighted by Gasteiger charge is 2.20. The molecule has 2 rings (SSSR count). The molecule has 0 saturated carbocycles. The molecule has 2 unspecified atom stereocenters. The van der Waals surface area contributed by atoms with Crippen LogP contribution in [0.4, 0.5) is 0 Å². The Bertz CT molecular complexity index is 344. The van der Waals surface area contributed by atoms with Crippen LogP contribution in [0.25, 0.3) is 0 Å². The molecule has 1 heterocycles. The van der Waals surface area contributed by atoms with Gasteiger partial charge in [-0.05, 0) is 55.8 Å². The van der Waals surface area contributed by atoms with Gasteiger partial charge in [-0.2, -0.15) is 0 Å². The summed E-state index contributed by atoms with van der Waals surface area (Å²) in [5.74, 6) is 1.31. The van der Waals surface area contributed by atoms with Gasteiger partial charge in [0.25, 0.3) is 0 Å². The Balaban J connectivity index is 1.78. The van der Waals surface area contributed by atoms with Crippen LogP contribution < -0.4 is 10.1 Å². The van der Waals surface area contributed by atoms with Crippen molar-refractivity contribution < 1.29 is 9.84 Å². The van der Waals surface area contributed by atoms with Crippen molar-refractivity contribution in [2.24, 2.45) is 5.92 Å². The van der Waals surface area contributed by atoms with Crippen LogP contribution >= 0.6 is 0 Å². The topological polar surface area (TPSA) is 41.5 Å². The average Bonchev–Trinajstić information content (AvgIpc) is 2.46. The van der Waals surface area contributed by atoms with E-state index >= 15 is 0 Å². The number of aliphatic hydroxyl groups is 1. The van der Waals surface area contributed by atoms with Crippen molar-refractivity contribution in [3.05, 3.63) is 29.8 Å². The molecule has 1 aliphatic heterocycles. The maximum absolute atomic E-state index is 10.2. The van der Waals surface area contributed by atoms with E-state index in [1.165, 1.54) is 12.0 Å². The minimum atomic E-state index is -0.181. The number of rotatable bonds is 5. The number of hydrogen-bond donors (Lipinski definition) is 2. The van der Waals surface area contributed by atoms with Crippen molar-refractivity contribution in [1.29, 1.82) is 0 Å². The summed E-state index contributed by atoms with van der Waals surface area (Å²) in [6.07, 6.45) is 3.93. The van der Waals surface area contributed by atoms with Crippen LogP contribution in [-0.2, 0) is 6.42 Å². The van der Waals surface area contributed by atoms with E-state index in [2.05, 4.69) is 17.4 Å². The molecule has 1 aromatic carbocycles. The van der Waals surface area contributed by atoms with Gasteiger partial charge in [0.2, 0.25) is 0 Å². The first-order valence-electron chi connectivity index (χ1n) is 6.81. The van der Waals surface area contributed by atoms with Crippen LogP contribution in [0.2, 0.25) is 0 Å². The molecule has 2 atom stereocenters. The number of aliphatic hydroxyl groups excluding tert-OH is 1. The van der Waals surface area contributed by atoms with E-state index in [9.17, 15) is 5.11 Å². The molecule has 0 aromatic heterocycles. The van der Waals surface area contributed by atoms with Gasteiger partial charge in [-0.3, -0.25) is 0 Å². The van der Waals surface area contributed by atoms with Crippen molar-refractivity contribution in [2.75, 3.05) is 20.2 Å². The van der Waals surface area contributed by atoms with Gasteiger partial charge in [0.05, 0.1) is 13.2 Å². The maximum atomic E-state index is 10.2. The maximum Gasteiger partial charge on any atom is 0.118 e. The predicted molar refractivity (Wildman–Crippen MR) is 72.9 cm³/mol. The van der Waals surface area contributed by atoms with Crippen LogP contribution in [0, 0.1) is 5.92 Å². The molecule has 2 N–H and O–H groups in total. The molecule has 3 nitrogen and oxygen atoms in total. The number of piperidine rings is 1. The molecule has 0 radical (unpaired) electrons. The lowest BCUT2D eigenvalue weighted by Crippen LogP contribution is -2.36. The number of methoxy groups -OCH3 is 1. The lowest BCUT2D eigenvalue weighted by molar-refractivity contribution is 0.0844. The van der Waals surface area contributed by atoms with E-state index < -0.39 is 0 Å². The molecule has 0 spiro atoms. The fraction of sp³-hybridized carbons (Fsp3) is 0.600. The van der Waals surface area contributed by atoms with E-state index in [0.29, 0.717) is 5.92 Å². The summed E-state index contributed by atoms with van der Waals surface area (Å²) in [6.45, 7) is 2.06. The van der Waals surface area contributed by atoms with E-state index in [1.54, 1.807) is 7.11 Å². The van der Waals surface area contributed by atoms with Crippen molar-refractivity contribution in [3.63, 3.8) is 0 Å². The number of ether oxygens (including phenoxy) is 1. The Morgan fingerprint density at radius 1 is 1.39 bits per heavy atom. The lowest BCUT2D eigenvalue weighted by Gasteiger charge is -2.27. The monoisotopic (exact) mass is 249 g/mol. The van der Waals surface area contributed by atoms with Crippen molar-refractivity contribution in [3.8, 4) is 5.75 Å². The quantitative estimate of drug-likeness (QED) is 0.838. The molecule has 0 aliphatic carbocycles. The Kier molecular flexibility index (Phi) is 5.02. The van der Waals surface area contributed by atoms with Gasteiger partial charge >= 0.3 is 0 Å². The predicted octanol–water partition coefficient (Wildman–Crippen LogP) is 1.99. The molecular formula is C15H23NO2. The summed E-state index contributed by atoms with van der Waals surface area (Å²) in [5.41, 5.74) is 1.26. The molecule has 3 heteroatoms. The van der Waals surface area contributed by atoms with Crippen LogP contribution in [0.15, 0.2) is 24.3 Å². The highest BCUT2D eigenvalue weighted by Crippen LogP contribution is 2.19. The van der Waals surface area contributed by atoms with Gasteiger partial charge in [0, 0.05) is 6.54 Å². The minimum absolute atomic E-state index is 0.181. The normalized spacial score (nSPS) is 21.6. The second-order valence-electron chi connectivity index (χ2n) is 5.06. The Morgan fingerprint density at radius 3 is 2.78 bits per heavy atom. The van der Waals surface area contributed by atoms with Gasteiger partial charge in [0.15, 0.2) is 0 Å². The van der Waals surface area contributed by atoms with Crippen LogP contribution in [-0.4, -0.2) is 31.4 Å². The second kappa shape index (κ2) is 6.76. The third-order valence-electron chi connectivity index (χ3n) is 3.77. The van der Waals surface area contributed by atoms with E-state index in [-0.39, 0.29) is 6.10 Å². The highest BCUT2D eigenvalue weighted by atomic mass is 16.5. The first-order chi connectivity index (χ1) is 8.79. The first kappa shape index (κ1) is 13.4. The van der Waals surface area contributed by atoms with Crippen LogP contribution in [0.3, 0.4) is 0 Å². The summed E-state index contributed by atoms with van der Waals surface area (Å²) in [7, 11) is 1.68. The van der Waals surface area contributed by atoms with Gasteiger partial charge in [-0.15, -0.1) is 0 Å². The molecule has 1 aliphatic rings. The summed E-state index contributed by atoms with van der Waals surface area (Å²) in [6, 6.07) is 8.10. The number of hydrogen-bond acceptors (Lipinski definition) is 3. The molecule has 1 aromatic rings. The van der Waals surface area contributed by atoms with Gasteiger partial charge in [0.1, 0.15) is 5.75 Å². The summed E-state index contributed by atoms with van der Waals surface area (Å²) in [5, 5.41) is 13.5. The number of aryl methyl sites for hydroxylation is 1. The van der Waals surface area contributed by atoms with E-state index in [0.717, 1.165) is 38.1 Å². The molecular weight excluding hydrogens is 226 g/mol. The Morgan fingerprint density at radius 2 is 2.17 bits per heavy atom. The molecule has 18 heavy (non-hydrogen) atoms.